The monoisotopic (exact) mass is 314 g/mol. The van der Waals surface area contributed by atoms with Crippen molar-refractivity contribution in [2.45, 2.75) is 0 Å². The molecule has 10 heteroatoms. The maximum Gasteiger partial charge on any atom is 0.337 e. The highest BCUT2D eigenvalue weighted by Crippen LogP contribution is 2.19. The third-order valence-electron chi connectivity index (χ3n) is 2.75. The average Bonchev–Trinajstić information content (AvgIpc) is 3.09. The second-order valence-corrected chi connectivity index (χ2v) is 4.11. The molecule has 10 nitrogen and oxygen atoms in total. The standard InChI is InChI=1S/C13H10N6O4/c1-23-13(22)7-2-3-10(9(4-7)12(20)21)15-6-8(5-14)11-16-18-19-17-11/h2-4,6,15H,1H3,(H,20,21)(H,16,17,18,19). The Morgan fingerprint density at radius 2 is 2.26 bits per heavy atom. The van der Waals surface area contributed by atoms with E-state index in [1.54, 1.807) is 0 Å². The lowest BCUT2D eigenvalue weighted by atomic mass is 10.1. The van der Waals surface area contributed by atoms with E-state index in [0.717, 1.165) is 0 Å². The maximum atomic E-state index is 11.4. The van der Waals surface area contributed by atoms with Crippen LogP contribution < -0.4 is 5.32 Å². The number of carboxylic acid groups (broad SMARTS) is 1. The van der Waals surface area contributed by atoms with Gasteiger partial charge in [0.05, 0.1) is 23.9 Å². The highest BCUT2D eigenvalue weighted by atomic mass is 16.5. The van der Waals surface area contributed by atoms with Gasteiger partial charge in [0.1, 0.15) is 11.6 Å². The number of carbonyl (C=O) groups is 2. The van der Waals surface area contributed by atoms with Gasteiger partial charge in [-0.25, -0.2) is 9.59 Å². The molecule has 0 bridgehead atoms. The van der Waals surface area contributed by atoms with E-state index in [1.807, 2.05) is 6.07 Å². The van der Waals surface area contributed by atoms with Crippen molar-refractivity contribution < 1.29 is 19.4 Å². The van der Waals surface area contributed by atoms with Crippen LogP contribution in [0.2, 0.25) is 0 Å². The summed E-state index contributed by atoms with van der Waals surface area (Å²) in [7, 11) is 1.20. The minimum Gasteiger partial charge on any atom is -0.478 e. The fourth-order valence-corrected chi connectivity index (χ4v) is 1.66. The van der Waals surface area contributed by atoms with E-state index < -0.39 is 11.9 Å². The Kier molecular flexibility index (Phi) is 4.63. The van der Waals surface area contributed by atoms with Gasteiger partial charge in [0.15, 0.2) is 0 Å². The Hall–Kier alpha value is -3.74. The molecule has 0 fully saturated rings. The molecule has 0 unspecified atom stereocenters. The Balaban J connectivity index is 2.34. The van der Waals surface area contributed by atoms with Crippen molar-refractivity contribution in [1.29, 1.82) is 5.26 Å². The van der Waals surface area contributed by atoms with Crippen LogP contribution >= 0.6 is 0 Å². The van der Waals surface area contributed by atoms with E-state index in [0.29, 0.717) is 0 Å². The van der Waals surface area contributed by atoms with Crippen molar-refractivity contribution in [2.75, 3.05) is 12.4 Å². The van der Waals surface area contributed by atoms with Crippen LogP contribution in [0.5, 0.6) is 0 Å². The number of methoxy groups -OCH3 is 1. The Labute approximate surface area is 129 Å². The first-order valence-corrected chi connectivity index (χ1v) is 6.13. The molecule has 1 heterocycles. The van der Waals surface area contributed by atoms with Gasteiger partial charge in [-0.05, 0) is 23.4 Å². The van der Waals surface area contributed by atoms with Crippen LogP contribution in [0.4, 0.5) is 5.69 Å². The van der Waals surface area contributed by atoms with E-state index in [4.69, 9.17) is 5.26 Å². The van der Waals surface area contributed by atoms with E-state index >= 15 is 0 Å². The number of esters is 1. The molecule has 116 valence electrons. The zero-order valence-corrected chi connectivity index (χ0v) is 11.8. The number of allylic oxidation sites excluding steroid dienone is 1. The molecule has 2 rings (SSSR count). The zero-order chi connectivity index (χ0) is 16.8. The van der Waals surface area contributed by atoms with Crippen LogP contribution in [0.3, 0.4) is 0 Å². The van der Waals surface area contributed by atoms with Gasteiger partial charge in [0, 0.05) is 6.20 Å². The van der Waals surface area contributed by atoms with Crippen molar-refractivity contribution >= 4 is 23.2 Å². The molecule has 23 heavy (non-hydrogen) atoms. The van der Waals surface area contributed by atoms with Crippen molar-refractivity contribution in [3.8, 4) is 6.07 Å². The number of aromatic nitrogens is 4. The molecule has 1 aromatic heterocycles. The van der Waals surface area contributed by atoms with E-state index in [9.17, 15) is 14.7 Å². The first kappa shape index (κ1) is 15.6. The summed E-state index contributed by atoms with van der Waals surface area (Å²) in [4.78, 5) is 22.8. The summed E-state index contributed by atoms with van der Waals surface area (Å²) in [6.07, 6.45) is 1.24. The predicted molar refractivity (Wildman–Crippen MR) is 76.1 cm³/mol. The highest BCUT2D eigenvalue weighted by molar-refractivity contribution is 5.99. The van der Waals surface area contributed by atoms with Crippen LogP contribution in [0, 0.1) is 11.3 Å². The molecule has 3 N–H and O–H groups in total. The topological polar surface area (TPSA) is 154 Å². The molecule has 0 atom stereocenters. The molecule has 0 saturated heterocycles. The number of nitrogens with one attached hydrogen (secondary N) is 2. The predicted octanol–water partition coefficient (Wildman–Crippen LogP) is 0.661. The van der Waals surface area contributed by atoms with E-state index in [1.165, 1.54) is 31.5 Å². The SMILES string of the molecule is COC(=O)c1ccc(NC=C(C#N)c2nn[nH]n2)c(C(=O)O)c1. The number of carboxylic acids is 1. The van der Waals surface area contributed by atoms with Gasteiger partial charge in [0.25, 0.3) is 0 Å². The highest BCUT2D eigenvalue weighted by Gasteiger charge is 2.15. The van der Waals surface area contributed by atoms with Crippen molar-refractivity contribution in [3.63, 3.8) is 0 Å². The number of aromatic carboxylic acids is 1. The Morgan fingerprint density at radius 1 is 1.48 bits per heavy atom. The van der Waals surface area contributed by atoms with Gasteiger partial charge in [-0.1, -0.05) is 0 Å². The fourth-order valence-electron chi connectivity index (χ4n) is 1.66. The number of benzene rings is 1. The van der Waals surface area contributed by atoms with Gasteiger partial charge < -0.3 is 15.2 Å². The molecule has 0 aliphatic carbocycles. The average molecular weight is 314 g/mol. The number of hydrogen-bond donors (Lipinski definition) is 3. The van der Waals surface area contributed by atoms with E-state index in [-0.39, 0.29) is 28.2 Å². The number of aromatic amines is 1. The molecular formula is C13H10N6O4. The summed E-state index contributed by atoms with van der Waals surface area (Å²) in [6.45, 7) is 0. The van der Waals surface area contributed by atoms with Gasteiger partial charge in [0.2, 0.25) is 5.82 Å². The number of ether oxygens (including phenoxy) is 1. The normalized spacial score (nSPS) is 10.7. The third kappa shape index (κ3) is 3.48. The molecule has 0 amide bonds. The summed E-state index contributed by atoms with van der Waals surface area (Å²) in [5.41, 5.74) is 0.168. The summed E-state index contributed by atoms with van der Waals surface area (Å²) in [6, 6.07) is 5.81. The number of rotatable bonds is 5. The zero-order valence-electron chi connectivity index (χ0n) is 11.8. The number of hydrogen-bond acceptors (Lipinski definition) is 8. The lowest BCUT2D eigenvalue weighted by Crippen LogP contribution is -2.07. The molecule has 2 aromatic rings. The number of nitrogens with zero attached hydrogens (tertiary/aromatic N) is 4. The summed E-state index contributed by atoms with van der Waals surface area (Å²) < 4.78 is 4.54. The second kappa shape index (κ2) is 6.81. The van der Waals surface area contributed by atoms with Gasteiger partial charge >= 0.3 is 11.9 Å². The van der Waals surface area contributed by atoms with Crippen LogP contribution in [0.15, 0.2) is 24.4 Å². The lowest BCUT2D eigenvalue weighted by molar-refractivity contribution is 0.0600. The first-order chi connectivity index (χ1) is 11.1. The molecule has 0 saturated carbocycles. The Bertz CT molecular complexity index is 806. The van der Waals surface area contributed by atoms with Crippen LogP contribution in [0.1, 0.15) is 26.5 Å². The smallest absolute Gasteiger partial charge is 0.337 e. The molecule has 0 spiro atoms. The van der Waals surface area contributed by atoms with Crippen molar-refractivity contribution in [2.24, 2.45) is 0 Å². The van der Waals surface area contributed by atoms with Crippen molar-refractivity contribution in [1.82, 2.24) is 20.6 Å². The van der Waals surface area contributed by atoms with Crippen LogP contribution in [0.25, 0.3) is 5.57 Å². The number of anilines is 1. The fraction of sp³-hybridized carbons (Fsp3) is 0.0769. The Morgan fingerprint density at radius 3 is 2.83 bits per heavy atom. The third-order valence-corrected chi connectivity index (χ3v) is 2.75. The largest absolute Gasteiger partial charge is 0.478 e. The molecule has 0 aliphatic heterocycles. The number of tetrazole rings is 1. The van der Waals surface area contributed by atoms with Crippen molar-refractivity contribution in [3.05, 3.63) is 41.4 Å². The minimum absolute atomic E-state index is 0.0483. The minimum atomic E-state index is -1.25. The molecule has 0 radical (unpaired) electrons. The van der Waals surface area contributed by atoms with Gasteiger partial charge in [-0.3, -0.25) is 0 Å². The quantitative estimate of drug-likeness (QED) is 0.533. The second-order valence-electron chi connectivity index (χ2n) is 4.11. The number of nitriles is 1. The number of carbonyl (C=O) groups excluding carboxylic acids is 1. The molecule has 0 aliphatic rings. The molecule has 1 aromatic carbocycles. The van der Waals surface area contributed by atoms with Crippen LogP contribution in [-0.4, -0.2) is 44.8 Å². The number of H-pyrrole nitrogens is 1. The van der Waals surface area contributed by atoms with E-state index in [2.05, 4.69) is 30.7 Å². The van der Waals surface area contributed by atoms with Gasteiger partial charge in [-0.2, -0.15) is 10.5 Å². The molecular weight excluding hydrogens is 304 g/mol. The van der Waals surface area contributed by atoms with Crippen LogP contribution in [-0.2, 0) is 4.74 Å². The summed E-state index contributed by atoms with van der Waals surface area (Å²) >= 11 is 0. The van der Waals surface area contributed by atoms with Gasteiger partial charge in [-0.15, -0.1) is 10.2 Å². The lowest BCUT2D eigenvalue weighted by Gasteiger charge is -2.08. The first-order valence-electron chi connectivity index (χ1n) is 6.13. The summed E-state index contributed by atoms with van der Waals surface area (Å²) in [5, 5.41) is 33.8. The maximum absolute atomic E-state index is 11.4. The summed E-state index contributed by atoms with van der Waals surface area (Å²) in [5.74, 6) is -1.84.